The van der Waals surface area contributed by atoms with Crippen molar-refractivity contribution >= 4 is 49.7 Å². The fourth-order valence-electron chi connectivity index (χ4n) is 4.61. The highest BCUT2D eigenvalue weighted by molar-refractivity contribution is 9.10. The number of anilines is 1. The Labute approximate surface area is 210 Å². The van der Waals surface area contributed by atoms with Gasteiger partial charge in [0.05, 0.1) is 17.1 Å². The number of hydrogen-bond donors (Lipinski definition) is 0. The van der Waals surface area contributed by atoms with Crippen LogP contribution >= 0.6 is 15.9 Å². The molecule has 3 aromatic carbocycles. The smallest absolute Gasteiger partial charge is 0.282 e. The molecule has 0 bridgehead atoms. The second-order valence-corrected chi connectivity index (χ2v) is 9.76. The molecule has 1 aliphatic heterocycles. The van der Waals surface area contributed by atoms with Crippen molar-refractivity contribution in [1.82, 2.24) is 9.66 Å². The number of aromatic nitrogens is 2. The first-order chi connectivity index (χ1) is 17.1. The molecule has 7 heteroatoms. The largest absolute Gasteiger partial charge is 0.453 e. The van der Waals surface area contributed by atoms with Gasteiger partial charge in [0.2, 0.25) is 5.82 Å². The molecule has 6 nitrogen and oxygen atoms in total. The van der Waals surface area contributed by atoms with Gasteiger partial charge >= 0.3 is 0 Å². The fourth-order valence-corrected chi connectivity index (χ4v) is 4.99. The minimum atomic E-state index is -0.241. The van der Waals surface area contributed by atoms with Gasteiger partial charge in [-0.25, -0.2) is 4.98 Å². The summed E-state index contributed by atoms with van der Waals surface area (Å²) in [5, 5.41) is 6.04. The number of furan rings is 1. The molecule has 0 atom stereocenters. The highest BCUT2D eigenvalue weighted by atomic mass is 79.9. The molecule has 1 fully saturated rings. The quantitative estimate of drug-likeness (QED) is 0.255. The van der Waals surface area contributed by atoms with Gasteiger partial charge in [0.1, 0.15) is 5.58 Å². The Bertz CT molecular complexity index is 1660. The van der Waals surface area contributed by atoms with Gasteiger partial charge in [0, 0.05) is 28.6 Å². The van der Waals surface area contributed by atoms with E-state index in [2.05, 4.69) is 51.1 Å². The lowest BCUT2D eigenvalue weighted by Crippen LogP contribution is -2.20. The number of rotatable bonds is 4. The van der Waals surface area contributed by atoms with Crippen molar-refractivity contribution in [3.63, 3.8) is 0 Å². The normalized spacial score (nSPS) is 14.1. The SMILES string of the molecule is Cc1cc(N2CCCC2)ccc1C=Nn1c(-c2cc3cc(Br)ccc3o2)nc2ccccc2c1=O. The van der Waals surface area contributed by atoms with Gasteiger partial charge in [-0.05, 0) is 79.4 Å². The van der Waals surface area contributed by atoms with Crippen LogP contribution in [0.5, 0.6) is 0 Å². The van der Waals surface area contributed by atoms with Crippen molar-refractivity contribution in [1.29, 1.82) is 0 Å². The van der Waals surface area contributed by atoms with Crippen molar-refractivity contribution in [3.05, 3.63) is 92.7 Å². The molecule has 6 rings (SSSR count). The average molecular weight is 527 g/mol. The highest BCUT2D eigenvalue weighted by Crippen LogP contribution is 2.29. The lowest BCUT2D eigenvalue weighted by molar-refractivity contribution is 0.616. The molecule has 5 aromatic rings. The Hall–Kier alpha value is -3.71. The summed E-state index contributed by atoms with van der Waals surface area (Å²) in [6.07, 6.45) is 4.20. The third-order valence-electron chi connectivity index (χ3n) is 6.49. The lowest BCUT2D eigenvalue weighted by Gasteiger charge is -2.18. The topological polar surface area (TPSA) is 63.6 Å². The third-order valence-corrected chi connectivity index (χ3v) is 6.98. The summed E-state index contributed by atoms with van der Waals surface area (Å²) in [6.45, 7) is 4.27. The first-order valence-corrected chi connectivity index (χ1v) is 12.5. The molecule has 0 saturated carbocycles. The summed E-state index contributed by atoms with van der Waals surface area (Å²) in [6, 6.07) is 21.3. The fraction of sp³-hybridized carbons (Fsp3) is 0.179. The van der Waals surface area contributed by atoms with Gasteiger partial charge in [-0.15, -0.1) is 0 Å². The standard InChI is InChI=1S/C28H23BrN4O2/c1-18-14-22(32-12-4-5-13-32)10-8-19(18)17-30-33-27(31-24-7-3-2-6-23(24)28(33)34)26-16-20-15-21(29)9-11-25(20)35-26/h2-3,6-11,14-17H,4-5,12-13H2,1H3. The zero-order chi connectivity index (χ0) is 23.9. The summed E-state index contributed by atoms with van der Waals surface area (Å²) in [5.41, 5.74) is 4.37. The number of hydrogen-bond acceptors (Lipinski definition) is 5. The van der Waals surface area contributed by atoms with E-state index in [-0.39, 0.29) is 5.56 Å². The van der Waals surface area contributed by atoms with Crippen LogP contribution in [-0.4, -0.2) is 29.0 Å². The zero-order valence-corrected chi connectivity index (χ0v) is 20.8. The Morgan fingerprint density at radius 2 is 1.86 bits per heavy atom. The Kier molecular flexibility index (Phi) is 5.49. The second kappa shape index (κ2) is 8.82. The van der Waals surface area contributed by atoms with Crippen molar-refractivity contribution < 1.29 is 4.42 Å². The molecule has 2 aromatic heterocycles. The summed E-state index contributed by atoms with van der Waals surface area (Å²) >= 11 is 3.50. The molecule has 0 amide bonds. The maximum Gasteiger partial charge on any atom is 0.282 e. The van der Waals surface area contributed by atoms with Crippen LogP contribution in [0.15, 0.2) is 85.5 Å². The van der Waals surface area contributed by atoms with E-state index < -0.39 is 0 Å². The maximum absolute atomic E-state index is 13.5. The summed E-state index contributed by atoms with van der Waals surface area (Å²) in [4.78, 5) is 20.6. The number of para-hydroxylation sites is 1. The summed E-state index contributed by atoms with van der Waals surface area (Å²) in [7, 11) is 0. The maximum atomic E-state index is 13.5. The van der Waals surface area contributed by atoms with Crippen molar-refractivity contribution in [2.75, 3.05) is 18.0 Å². The van der Waals surface area contributed by atoms with Crippen LogP contribution in [0, 0.1) is 6.92 Å². The van der Waals surface area contributed by atoms with Crippen LogP contribution in [0.2, 0.25) is 0 Å². The van der Waals surface area contributed by atoms with Gasteiger partial charge < -0.3 is 9.32 Å². The van der Waals surface area contributed by atoms with Crippen LogP contribution in [0.25, 0.3) is 33.5 Å². The van der Waals surface area contributed by atoms with Gasteiger partial charge in [-0.2, -0.15) is 9.78 Å². The van der Waals surface area contributed by atoms with E-state index in [0.29, 0.717) is 22.5 Å². The van der Waals surface area contributed by atoms with E-state index in [1.807, 2.05) is 42.5 Å². The highest BCUT2D eigenvalue weighted by Gasteiger charge is 2.17. The van der Waals surface area contributed by atoms with E-state index in [0.717, 1.165) is 39.7 Å². The molecule has 35 heavy (non-hydrogen) atoms. The van der Waals surface area contributed by atoms with Gasteiger partial charge in [-0.1, -0.05) is 34.1 Å². The number of fused-ring (bicyclic) bond motifs is 2. The number of aryl methyl sites for hydroxylation is 1. The third kappa shape index (κ3) is 4.06. The van der Waals surface area contributed by atoms with Crippen LogP contribution in [0.1, 0.15) is 24.0 Å². The van der Waals surface area contributed by atoms with Crippen LogP contribution in [0.4, 0.5) is 5.69 Å². The second-order valence-electron chi connectivity index (χ2n) is 8.84. The number of benzene rings is 3. The molecular weight excluding hydrogens is 504 g/mol. The minimum absolute atomic E-state index is 0.241. The van der Waals surface area contributed by atoms with E-state index in [4.69, 9.17) is 9.40 Å². The Balaban J connectivity index is 1.47. The predicted octanol–water partition coefficient (Wildman–Crippen LogP) is 6.36. The molecular formula is C28H23BrN4O2. The summed E-state index contributed by atoms with van der Waals surface area (Å²) in [5.74, 6) is 0.850. The van der Waals surface area contributed by atoms with Crippen molar-refractivity contribution in [2.45, 2.75) is 19.8 Å². The molecule has 1 aliphatic rings. The van der Waals surface area contributed by atoms with Crippen LogP contribution < -0.4 is 10.5 Å². The van der Waals surface area contributed by atoms with Gasteiger partial charge in [0.25, 0.3) is 5.56 Å². The van der Waals surface area contributed by atoms with Gasteiger partial charge in [0.15, 0.2) is 5.76 Å². The average Bonchev–Trinajstić information content (AvgIpc) is 3.54. The summed E-state index contributed by atoms with van der Waals surface area (Å²) < 4.78 is 8.37. The predicted molar refractivity (Wildman–Crippen MR) is 145 cm³/mol. The molecule has 0 radical (unpaired) electrons. The Morgan fingerprint density at radius 1 is 1.03 bits per heavy atom. The van der Waals surface area contributed by atoms with Gasteiger partial charge in [-0.3, -0.25) is 4.79 Å². The van der Waals surface area contributed by atoms with Crippen LogP contribution in [-0.2, 0) is 0 Å². The first-order valence-electron chi connectivity index (χ1n) is 11.7. The molecule has 1 saturated heterocycles. The molecule has 0 N–H and O–H groups in total. The monoisotopic (exact) mass is 526 g/mol. The molecule has 0 unspecified atom stereocenters. The van der Waals surface area contributed by atoms with Crippen molar-refractivity contribution in [2.24, 2.45) is 5.10 Å². The molecule has 0 spiro atoms. The number of nitrogens with zero attached hydrogens (tertiary/aromatic N) is 4. The minimum Gasteiger partial charge on any atom is -0.453 e. The molecule has 0 aliphatic carbocycles. The lowest BCUT2D eigenvalue weighted by atomic mass is 10.1. The van der Waals surface area contributed by atoms with Crippen LogP contribution in [0.3, 0.4) is 0 Å². The number of halogens is 1. The molecule has 3 heterocycles. The van der Waals surface area contributed by atoms with E-state index >= 15 is 0 Å². The van der Waals surface area contributed by atoms with E-state index in [1.165, 1.54) is 23.2 Å². The first kappa shape index (κ1) is 21.8. The van der Waals surface area contributed by atoms with E-state index in [1.54, 1.807) is 12.3 Å². The Morgan fingerprint density at radius 3 is 2.69 bits per heavy atom. The van der Waals surface area contributed by atoms with E-state index in [9.17, 15) is 4.79 Å². The van der Waals surface area contributed by atoms with Crippen molar-refractivity contribution in [3.8, 4) is 11.6 Å². The zero-order valence-electron chi connectivity index (χ0n) is 19.2. The molecule has 174 valence electrons.